The fraction of sp³-hybridized carbons (Fsp3) is 0.200. The van der Waals surface area contributed by atoms with E-state index in [1.54, 1.807) is 19.9 Å². The summed E-state index contributed by atoms with van der Waals surface area (Å²) in [6.07, 6.45) is -1.62. The highest BCUT2D eigenvalue weighted by molar-refractivity contribution is 7.89. The van der Waals surface area contributed by atoms with E-state index >= 15 is 0 Å². The maximum atomic E-state index is 13.2. The van der Waals surface area contributed by atoms with Gasteiger partial charge in [0.15, 0.2) is 0 Å². The lowest BCUT2D eigenvalue weighted by Gasteiger charge is -2.15. The number of benzene rings is 2. The van der Waals surface area contributed by atoms with E-state index < -0.39 is 27.7 Å². The number of alkyl halides is 3. The molecule has 0 fully saturated rings. The van der Waals surface area contributed by atoms with Crippen LogP contribution in [-0.4, -0.2) is 30.1 Å². The minimum Gasteiger partial charge on any atom is -0.320 e. The zero-order valence-electron chi connectivity index (χ0n) is 16.5. The first-order valence-electron chi connectivity index (χ1n) is 9.12. The van der Waals surface area contributed by atoms with Crippen LogP contribution in [0.3, 0.4) is 0 Å². The maximum Gasteiger partial charge on any atom is 0.416 e. The highest BCUT2D eigenvalue weighted by atomic mass is 32.2. The van der Waals surface area contributed by atoms with Gasteiger partial charge >= 0.3 is 6.18 Å². The van der Waals surface area contributed by atoms with Gasteiger partial charge in [-0.25, -0.2) is 17.8 Å². The number of nitrogens with one attached hydrogen (secondary N) is 2. The predicted molar refractivity (Wildman–Crippen MR) is 108 cm³/mol. The van der Waals surface area contributed by atoms with Crippen molar-refractivity contribution in [2.24, 2.45) is 0 Å². The molecular weight excluding hydrogens is 433 g/mol. The molecule has 11 heteroatoms. The molecule has 1 heterocycles. The van der Waals surface area contributed by atoms with Gasteiger partial charge in [0.2, 0.25) is 10.0 Å². The van der Waals surface area contributed by atoms with Crippen molar-refractivity contribution in [2.75, 3.05) is 5.32 Å². The zero-order chi connectivity index (χ0) is 22.8. The summed E-state index contributed by atoms with van der Waals surface area (Å²) >= 11 is 0. The first-order chi connectivity index (χ1) is 14.5. The summed E-state index contributed by atoms with van der Waals surface area (Å²) in [5, 5.41) is 6.44. The Balaban J connectivity index is 1.90. The van der Waals surface area contributed by atoms with Crippen molar-refractivity contribution in [3.63, 3.8) is 0 Å². The molecule has 0 saturated carbocycles. The molecule has 0 atom stereocenters. The van der Waals surface area contributed by atoms with Crippen molar-refractivity contribution in [1.29, 1.82) is 0 Å². The second-order valence-corrected chi connectivity index (χ2v) is 8.65. The number of aromatic nitrogens is 2. The Hall–Kier alpha value is -3.18. The molecule has 0 unspecified atom stereocenters. The summed E-state index contributed by atoms with van der Waals surface area (Å²) in [5.41, 5.74) is -0.708. The van der Waals surface area contributed by atoms with E-state index in [4.69, 9.17) is 0 Å². The maximum absolute atomic E-state index is 13.2. The topological polar surface area (TPSA) is 93.1 Å². The Kier molecular flexibility index (Phi) is 6.18. The molecule has 31 heavy (non-hydrogen) atoms. The molecule has 1 aromatic heterocycles. The molecule has 7 nitrogen and oxygen atoms in total. The van der Waals surface area contributed by atoms with Gasteiger partial charge in [-0.05, 0) is 62.4 Å². The van der Waals surface area contributed by atoms with Gasteiger partial charge in [-0.1, -0.05) is 0 Å². The summed E-state index contributed by atoms with van der Waals surface area (Å²) in [5.74, 6) is -0.700. The van der Waals surface area contributed by atoms with Crippen molar-refractivity contribution in [3.8, 4) is 5.69 Å². The third-order valence-electron chi connectivity index (χ3n) is 4.14. The van der Waals surface area contributed by atoms with Crippen LogP contribution in [0, 0.1) is 0 Å². The molecular formula is C20H19F3N4O3S. The van der Waals surface area contributed by atoms with Gasteiger partial charge < -0.3 is 5.32 Å². The Morgan fingerprint density at radius 1 is 1.10 bits per heavy atom. The van der Waals surface area contributed by atoms with E-state index in [1.807, 2.05) is 0 Å². The quantitative estimate of drug-likeness (QED) is 0.595. The molecule has 2 aromatic carbocycles. The molecule has 0 bridgehead atoms. The number of carbonyl (C=O) groups excluding carboxylic acids is 1. The number of halogens is 3. The van der Waals surface area contributed by atoms with Gasteiger partial charge in [0.1, 0.15) is 0 Å². The smallest absolute Gasteiger partial charge is 0.320 e. The molecule has 3 aromatic rings. The van der Waals surface area contributed by atoms with E-state index in [1.165, 1.54) is 47.4 Å². The first-order valence-corrected chi connectivity index (χ1v) is 10.6. The monoisotopic (exact) mass is 452 g/mol. The third kappa shape index (κ3) is 5.30. The minimum absolute atomic E-state index is 0.0333. The standard InChI is InChI=1S/C20H19F3N4O3S/c1-13(2)26-31(29,30)16-7-4-14(5-8-16)19(28)25-17-12-15(20(21,22)23)6-9-18(17)27-11-3-10-24-27/h3-13,26H,1-2H3,(H,25,28). The van der Waals surface area contributed by atoms with E-state index in [-0.39, 0.29) is 27.9 Å². The van der Waals surface area contributed by atoms with E-state index in [2.05, 4.69) is 15.1 Å². The zero-order valence-corrected chi connectivity index (χ0v) is 17.3. The van der Waals surface area contributed by atoms with Crippen molar-refractivity contribution < 1.29 is 26.4 Å². The molecule has 164 valence electrons. The number of nitrogens with zero attached hydrogens (tertiary/aromatic N) is 2. The number of amides is 1. The molecule has 0 aliphatic rings. The summed E-state index contributed by atoms with van der Waals surface area (Å²) in [7, 11) is -3.74. The van der Waals surface area contributed by atoms with E-state index in [9.17, 15) is 26.4 Å². The number of anilines is 1. The van der Waals surface area contributed by atoms with Crippen LogP contribution in [-0.2, 0) is 16.2 Å². The second-order valence-electron chi connectivity index (χ2n) is 6.93. The summed E-state index contributed by atoms with van der Waals surface area (Å²) in [4.78, 5) is 12.6. The van der Waals surface area contributed by atoms with Gasteiger partial charge in [0.05, 0.1) is 21.8 Å². The molecule has 0 aliphatic carbocycles. The Morgan fingerprint density at radius 2 is 1.77 bits per heavy atom. The van der Waals surface area contributed by atoms with Gasteiger partial charge in [0.25, 0.3) is 5.91 Å². The molecule has 0 aliphatic heterocycles. The number of hydrogen-bond acceptors (Lipinski definition) is 4. The Bertz CT molecular complexity index is 1170. The molecule has 0 saturated heterocycles. The SMILES string of the molecule is CC(C)NS(=O)(=O)c1ccc(C(=O)Nc2cc(C(F)(F)F)ccc2-n2cccn2)cc1. The number of hydrogen-bond donors (Lipinski definition) is 2. The summed E-state index contributed by atoms with van der Waals surface area (Å²) in [6, 6.07) is 9.27. The van der Waals surface area contributed by atoms with Crippen LogP contribution in [0.4, 0.5) is 18.9 Å². The first kappa shape index (κ1) is 22.5. The van der Waals surface area contributed by atoms with Crippen molar-refractivity contribution in [2.45, 2.75) is 31.0 Å². The van der Waals surface area contributed by atoms with Gasteiger partial charge in [0, 0.05) is 24.0 Å². The lowest BCUT2D eigenvalue weighted by Crippen LogP contribution is -2.30. The molecule has 0 spiro atoms. The fourth-order valence-electron chi connectivity index (χ4n) is 2.78. The average molecular weight is 452 g/mol. The van der Waals surface area contributed by atoms with Crippen LogP contribution < -0.4 is 10.0 Å². The van der Waals surface area contributed by atoms with Crippen molar-refractivity contribution >= 4 is 21.6 Å². The van der Waals surface area contributed by atoms with Crippen LogP contribution in [0.1, 0.15) is 29.8 Å². The lowest BCUT2D eigenvalue weighted by molar-refractivity contribution is -0.137. The number of rotatable bonds is 6. The molecule has 1 amide bonds. The van der Waals surface area contributed by atoms with Crippen LogP contribution in [0.2, 0.25) is 0 Å². The lowest BCUT2D eigenvalue weighted by atomic mass is 10.1. The third-order valence-corrected chi connectivity index (χ3v) is 5.82. The predicted octanol–water partition coefficient (Wildman–Crippen LogP) is 3.83. The molecule has 0 radical (unpaired) electrons. The number of carbonyl (C=O) groups is 1. The van der Waals surface area contributed by atoms with Crippen LogP contribution in [0.5, 0.6) is 0 Å². The molecule has 2 N–H and O–H groups in total. The highest BCUT2D eigenvalue weighted by Crippen LogP contribution is 2.33. The van der Waals surface area contributed by atoms with Gasteiger partial charge in [-0.2, -0.15) is 18.3 Å². The fourth-order valence-corrected chi connectivity index (χ4v) is 4.03. The Morgan fingerprint density at radius 3 is 2.32 bits per heavy atom. The van der Waals surface area contributed by atoms with E-state index in [0.717, 1.165) is 12.1 Å². The summed E-state index contributed by atoms with van der Waals surface area (Å²) < 4.78 is 67.6. The minimum atomic E-state index is -4.60. The van der Waals surface area contributed by atoms with Crippen molar-refractivity contribution in [3.05, 3.63) is 72.1 Å². The Labute approximate surface area is 176 Å². The van der Waals surface area contributed by atoms with Crippen LogP contribution in [0.25, 0.3) is 5.69 Å². The van der Waals surface area contributed by atoms with Crippen molar-refractivity contribution in [1.82, 2.24) is 14.5 Å². The number of sulfonamides is 1. The van der Waals surface area contributed by atoms with Gasteiger partial charge in [-0.15, -0.1) is 0 Å². The van der Waals surface area contributed by atoms with Crippen LogP contribution in [0.15, 0.2) is 65.8 Å². The normalized spacial score (nSPS) is 12.2. The van der Waals surface area contributed by atoms with Gasteiger partial charge in [-0.3, -0.25) is 4.79 Å². The highest BCUT2D eigenvalue weighted by Gasteiger charge is 2.31. The molecule has 3 rings (SSSR count). The average Bonchev–Trinajstić information content (AvgIpc) is 3.21. The largest absolute Gasteiger partial charge is 0.416 e. The van der Waals surface area contributed by atoms with Crippen LogP contribution >= 0.6 is 0 Å². The van der Waals surface area contributed by atoms with E-state index in [0.29, 0.717) is 0 Å². The second kappa shape index (κ2) is 8.52. The summed E-state index contributed by atoms with van der Waals surface area (Å²) in [6.45, 7) is 3.34.